The van der Waals surface area contributed by atoms with E-state index in [2.05, 4.69) is 10.3 Å². The van der Waals surface area contributed by atoms with Gasteiger partial charge >= 0.3 is 0 Å². The van der Waals surface area contributed by atoms with E-state index in [9.17, 15) is 4.79 Å². The van der Waals surface area contributed by atoms with Gasteiger partial charge in [-0.1, -0.05) is 0 Å². The first-order valence-corrected chi connectivity index (χ1v) is 5.62. The van der Waals surface area contributed by atoms with Gasteiger partial charge in [-0.2, -0.15) is 0 Å². The summed E-state index contributed by atoms with van der Waals surface area (Å²) < 4.78 is 0. The Labute approximate surface area is 86.5 Å². The molecule has 0 aliphatic heterocycles. The molecule has 1 aliphatic carbocycles. The summed E-state index contributed by atoms with van der Waals surface area (Å²) in [6.07, 6.45) is 2.52. The zero-order valence-corrected chi connectivity index (χ0v) is 8.59. The van der Waals surface area contributed by atoms with Crippen molar-refractivity contribution in [3.8, 4) is 0 Å². The maximum atomic E-state index is 11.2. The van der Waals surface area contributed by atoms with Gasteiger partial charge in [0.15, 0.2) is 0 Å². The van der Waals surface area contributed by atoms with Gasteiger partial charge in [-0.25, -0.2) is 4.98 Å². The van der Waals surface area contributed by atoms with Gasteiger partial charge in [0.05, 0.1) is 11.2 Å². The second-order valence-electron chi connectivity index (χ2n) is 3.60. The number of hydrogen-bond acceptors (Lipinski definition) is 4. The molecule has 2 rings (SSSR count). The molecule has 5 heteroatoms. The zero-order chi connectivity index (χ0) is 9.97. The van der Waals surface area contributed by atoms with E-state index in [0.717, 1.165) is 18.2 Å². The third-order valence-corrected chi connectivity index (χ3v) is 2.94. The number of nitrogens with zero attached hydrogens (tertiary/aromatic N) is 1. The van der Waals surface area contributed by atoms with Crippen LogP contribution in [0.2, 0.25) is 0 Å². The lowest BCUT2D eigenvalue weighted by molar-refractivity contribution is -0.120. The molecule has 4 nitrogen and oxygen atoms in total. The van der Waals surface area contributed by atoms with Gasteiger partial charge in [0.1, 0.15) is 6.04 Å². The Kier molecular flexibility index (Phi) is 2.79. The van der Waals surface area contributed by atoms with Gasteiger partial charge in [0.25, 0.3) is 0 Å². The van der Waals surface area contributed by atoms with Crippen LogP contribution in [0, 0.1) is 5.92 Å². The highest BCUT2D eigenvalue weighted by atomic mass is 32.1. The summed E-state index contributed by atoms with van der Waals surface area (Å²) in [6.45, 7) is 0.866. The topological polar surface area (TPSA) is 68.0 Å². The molecule has 14 heavy (non-hydrogen) atoms. The molecule has 0 aromatic carbocycles. The van der Waals surface area contributed by atoms with Crippen molar-refractivity contribution in [1.82, 2.24) is 10.3 Å². The van der Waals surface area contributed by atoms with Crippen LogP contribution in [0.3, 0.4) is 0 Å². The summed E-state index contributed by atoms with van der Waals surface area (Å²) in [5, 5.41) is 5.01. The first-order chi connectivity index (χ1) is 6.77. The second kappa shape index (κ2) is 4.06. The Morgan fingerprint density at radius 3 is 3.07 bits per heavy atom. The fraction of sp³-hybridized carbons (Fsp3) is 0.556. The van der Waals surface area contributed by atoms with Crippen molar-refractivity contribution >= 4 is 17.2 Å². The van der Waals surface area contributed by atoms with Crippen molar-refractivity contribution in [3.05, 3.63) is 16.6 Å². The average molecular weight is 211 g/mol. The lowest BCUT2D eigenvalue weighted by Crippen LogP contribution is -2.34. The van der Waals surface area contributed by atoms with Crippen LogP contribution in [0.15, 0.2) is 10.9 Å². The van der Waals surface area contributed by atoms with Crippen molar-refractivity contribution in [3.63, 3.8) is 0 Å². The highest BCUT2D eigenvalue weighted by Crippen LogP contribution is 2.28. The Morgan fingerprint density at radius 1 is 1.79 bits per heavy atom. The monoisotopic (exact) mass is 211 g/mol. The molecule has 0 spiro atoms. The minimum Gasteiger partial charge on any atom is -0.368 e. The molecule has 1 atom stereocenters. The summed E-state index contributed by atoms with van der Waals surface area (Å²) in [5.74, 6) is 0.382. The highest BCUT2D eigenvalue weighted by molar-refractivity contribution is 7.07. The van der Waals surface area contributed by atoms with Crippen LogP contribution in [-0.2, 0) is 4.79 Å². The average Bonchev–Trinajstić information content (AvgIpc) is 2.80. The molecule has 1 saturated carbocycles. The molecule has 1 unspecified atom stereocenters. The lowest BCUT2D eigenvalue weighted by Gasteiger charge is -2.12. The van der Waals surface area contributed by atoms with Crippen molar-refractivity contribution in [2.24, 2.45) is 11.7 Å². The molecule has 0 bridgehead atoms. The quantitative estimate of drug-likeness (QED) is 0.752. The third kappa shape index (κ3) is 2.30. The fourth-order valence-electron chi connectivity index (χ4n) is 1.32. The lowest BCUT2D eigenvalue weighted by atomic mass is 10.2. The summed E-state index contributed by atoms with van der Waals surface area (Å²) in [4.78, 5) is 15.2. The SMILES string of the molecule is NC(=O)C(NCC1CC1)c1cscn1. The molecule has 1 amide bonds. The number of thiazole rings is 1. The predicted octanol–water partition coefficient (Wildman–Crippen LogP) is 0.669. The summed E-state index contributed by atoms with van der Waals surface area (Å²) in [7, 11) is 0. The van der Waals surface area contributed by atoms with Gasteiger partial charge < -0.3 is 11.1 Å². The second-order valence-corrected chi connectivity index (χ2v) is 4.32. The van der Waals surface area contributed by atoms with Crippen LogP contribution in [0.1, 0.15) is 24.6 Å². The van der Waals surface area contributed by atoms with Crippen molar-refractivity contribution in [1.29, 1.82) is 0 Å². The number of aromatic nitrogens is 1. The molecule has 0 saturated heterocycles. The van der Waals surface area contributed by atoms with E-state index < -0.39 is 6.04 Å². The maximum Gasteiger partial charge on any atom is 0.240 e. The molecule has 1 fully saturated rings. The molecule has 1 aromatic heterocycles. The number of carbonyl (C=O) groups excluding carboxylic acids is 1. The highest BCUT2D eigenvalue weighted by Gasteiger charge is 2.25. The normalized spacial score (nSPS) is 18.0. The zero-order valence-electron chi connectivity index (χ0n) is 7.77. The number of carbonyl (C=O) groups is 1. The standard InChI is InChI=1S/C9H13N3OS/c10-9(13)8(7-4-14-5-12-7)11-3-6-1-2-6/h4-6,8,11H,1-3H2,(H2,10,13). The summed E-state index contributed by atoms with van der Waals surface area (Å²) in [6, 6.07) is -0.415. The van der Waals surface area contributed by atoms with Gasteiger partial charge in [0.2, 0.25) is 5.91 Å². The van der Waals surface area contributed by atoms with E-state index in [1.165, 1.54) is 24.2 Å². The van der Waals surface area contributed by atoms with Crippen LogP contribution in [0.25, 0.3) is 0 Å². The van der Waals surface area contributed by atoms with Crippen LogP contribution >= 0.6 is 11.3 Å². The van der Waals surface area contributed by atoms with E-state index in [0.29, 0.717) is 0 Å². The molecular formula is C9H13N3OS. The minimum absolute atomic E-state index is 0.350. The summed E-state index contributed by atoms with van der Waals surface area (Å²) >= 11 is 1.48. The minimum atomic E-state index is -0.415. The summed E-state index contributed by atoms with van der Waals surface area (Å²) in [5.41, 5.74) is 7.75. The van der Waals surface area contributed by atoms with Crippen LogP contribution in [-0.4, -0.2) is 17.4 Å². The van der Waals surface area contributed by atoms with E-state index in [1.54, 1.807) is 5.51 Å². The van der Waals surface area contributed by atoms with Gasteiger partial charge in [0, 0.05) is 5.38 Å². The number of nitrogens with one attached hydrogen (secondary N) is 1. The fourth-order valence-corrected chi connectivity index (χ4v) is 1.90. The number of nitrogens with two attached hydrogens (primary N) is 1. The Bertz CT molecular complexity index is 308. The number of primary amides is 1. The van der Waals surface area contributed by atoms with Gasteiger partial charge in [-0.15, -0.1) is 11.3 Å². The number of amides is 1. The molecule has 1 aromatic rings. The molecule has 76 valence electrons. The largest absolute Gasteiger partial charge is 0.368 e. The number of rotatable bonds is 5. The third-order valence-electron chi connectivity index (χ3n) is 2.34. The molecule has 1 aliphatic rings. The van der Waals surface area contributed by atoms with E-state index in [-0.39, 0.29) is 5.91 Å². The predicted molar refractivity (Wildman–Crippen MR) is 54.8 cm³/mol. The Hall–Kier alpha value is -0.940. The Morgan fingerprint density at radius 2 is 2.57 bits per heavy atom. The first kappa shape index (κ1) is 9.61. The Balaban J connectivity index is 1.96. The van der Waals surface area contributed by atoms with Gasteiger partial charge in [-0.05, 0) is 25.3 Å². The first-order valence-electron chi connectivity index (χ1n) is 4.68. The van der Waals surface area contributed by atoms with E-state index >= 15 is 0 Å². The van der Waals surface area contributed by atoms with Gasteiger partial charge in [-0.3, -0.25) is 4.79 Å². The van der Waals surface area contributed by atoms with Crippen molar-refractivity contribution in [2.75, 3.05) is 6.54 Å². The number of hydrogen-bond donors (Lipinski definition) is 2. The van der Waals surface area contributed by atoms with Crippen LogP contribution < -0.4 is 11.1 Å². The van der Waals surface area contributed by atoms with Crippen molar-refractivity contribution in [2.45, 2.75) is 18.9 Å². The van der Waals surface area contributed by atoms with Crippen LogP contribution in [0.5, 0.6) is 0 Å². The maximum absolute atomic E-state index is 11.2. The molecule has 3 N–H and O–H groups in total. The smallest absolute Gasteiger partial charge is 0.240 e. The van der Waals surface area contributed by atoms with Crippen molar-refractivity contribution < 1.29 is 4.79 Å². The molecular weight excluding hydrogens is 198 g/mol. The van der Waals surface area contributed by atoms with E-state index in [1.807, 2.05) is 5.38 Å². The van der Waals surface area contributed by atoms with E-state index in [4.69, 9.17) is 5.73 Å². The van der Waals surface area contributed by atoms with Crippen LogP contribution in [0.4, 0.5) is 0 Å². The molecule has 1 heterocycles. The molecule has 0 radical (unpaired) electrons.